The molecule has 90 valence electrons. The number of nitrogens with one attached hydrogen (secondary N) is 1. The molecular weight excluding hydrogens is 210 g/mol. The van der Waals surface area contributed by atoms with Gasteiger partial charge in [-0.3, -0.25) is 0 Å². The molecule has 0 spiro atoms. The van der Waals surface area contributed by atoms with E-state index in [0.717, 1.165) is 25.3 Å². The zero-order valence-electron chi connectivity index (χ0n) is 10.5. The molecule has 17 heavy (non-hydrogen) atoms. The van der Waals surface area contributed by atoms with E-state index >= 15 is 0 Å². The van der Waals surface area contributed by atoms with Gasteiger partial charge in [0.1, 0.15) is 5.76 Å². The van der Waals surface area contributed by atoms with Gasteiger partial charge in [-0.25, -0.2) is 0 Å². The van der Waals surface area contributed by atoms with Gasteiger partial charge in [0.2, 0.25) is 0 Å². The molecule has 0 aliphatic carbocycles. The highest BCUT2D eigenvalue weighted by Crippen LogP contribution is 2.25. The van der Waals surface area contributed by atoms with E-state index in [1.807, 2.05) is 12.1 Å². The van der Waals surface area contributed by atoms with Crippen LogP contribution in [0.25, 0.3) is 11.3 Å². The molecule has 2 heteroatoms. The predicted octanol–water partition coefficient (Wildman–Crippen LogP) is 3.75. The van der Waals surface area contributed by atoms with Crippen LogP contribution < -0.4 is 5.32 Å². The molecule has 2 aromatic rings. The Hall–Kier alpha value is -1.54. The summed E-state index contributed by atoms with van der Waals surface area (Å²) in [4.78, 5) is 0. The Labute approximate surface area is 103 Å². The SMILES string of the molecule is CCCNCc1ccc(C)cc1-c1ccco1. The maximum Gasteiger partial charge on any atom is 0.134 e. The van der Waals surface area contributed by atoms with Crippen molar-refractivity contribution in [3.63, 3.8) is 0 Å². The normalized spacial score (nSPS) is 10.7. The third-order valence-corrected chi connectivity index (χ3v) is 2.79. The third kappa shape index (κ3) is 2.98. The lowest BCUT2D eigenvalue weighted by Gasteiger charge is -2.09. The molecule has 0 amide bonds. The van der Waals surface area contributed by atoms with Crippen molar-refractivity contribution in [2.45, 2.75) is 26.8 Å². The molecule has 0 atom stereocenters. The topological polar surface area (TPSA) is 25.2 Å². The lowest BCUT2D eigenvalue weighted by atomic mass is 10.0. The fourth-order valence-electron chi connectivity index (χ4n) is 1.91. The minimum absolute atomic E-state index is 0.893. The summed E-state index contributed by atoms with van der Waals surface area (Å²) in [6, 6.07) is 10.5. The summed E-state index contributed by atoms with van der Waals surface area (Å²) in [5.74, 6) is 0.946. The van der Waals surface area contributed by atoms with Crippen LogP contribution in [-0.4, -0.2) is 6.54 Å². The van der Waals surface area contributed by atoms with Crippen LogP contribution in [-0.2, 0) is 6.54 Å². The molecule has 0 bridgehead atoms. The molecule has 1 N–H and O–H groups in total. The second-order valence-electron chi connectivity index (χ2n) is 4.31. The Bertz CT molecular complexity index is 460. The molecule has 0 aliphatic heterocycles. The molecule has 0 radical (unpaired) electrons. The first-order chi connectivity index (χ1) is 8.31. The van der Waals surface area contributed by atoms with E-state index in [4.69, 9.17) is 4.42 Å². The van der Waals surface area contributed by atoms with Crippen LogP contribution in [0, 0.1) is 6.92 Å². The van der Waals surface area contributed by atoms with Crippen LogP contribution in [0.15, 0.2) is 41.0 Å². The number of rotatable bonds is 5. The highest BCUT2D eigenvalue weighted by Gasteiger charge is 2.07. The van der Waals surface area contributed by atoms with Crippen molar-refractivity contribution in [1.82, 2.24) is 5.32 Å². The van der Waals surface area contributed by atoms with Crippen LogP contribution in [0.5, 0.6) is 0 Å². The summed E-state index contributed by atoms with van der Waals surface area (Å²) in [7, 11) is 0. The van der Waals surface area contributed by atoms with E-state index in [1.54, 1.807) is 6.26 Å². The van der Waals surface area contributed by atoms with Crippen LogP contribution in [0.3, 0.4) is 0 Å². The van der Waals surface area contributed by atoms with Gasteiger partial charge in [0.05, 0.1) is 6.26 Å². The fraction of sp³-hybridized carbons (Fsp3) is 0.333. The first kappa shape index (κ1) is 11.9. The van der Waals surface area contributed by atoms with Gasteiger partial charge in [0, 0.05) is 12.1 Å². The molecule has 0 unspecified atom stereocenters. The maximum atomic E-state index is 5.49. The Balaban J connectivity index is 2.25. The summed E-state index contributed by atoms with van der Waals surface area (Å²) in [6.07, 6.45) is 2.88. The zero-order valence-corrected chi connectivity index (χ0v) is 10.5. The Morgan fingerprint density at radius 3 is 2.82 bits per heavy atom. The van der Waals surface area contributed by atoms with Crippen LogP contribution in [0.2, 0.25) is 0 Å². The van der Waals surface area contributed by atoms with Gasteiger partial charge in [0.15, 0.2) is 0 Å². The summed E-state index contributed by atoms with van der Waals surface area (Å²) in [6.45, 7) is 6.22. The average molecular weight is 229 g/mol. The first-order valence-electron chi connectivity index (χ1n) is 6.15. The summed E-state index contributed by atoms with van der Waals surface area (Å²) < 4.78 is 5.49. The van der Waals surface area contributed by atoms with Gasteiger partial charge in [-0.2, -0.15) is 0 Å². The first-order valence-corrected chi connectivity index (χ1v) is 6.15. The number of aryl methyl sites for hydroxylation is 1. The van der Waals surface area contributed by atoms with Gasteiger partial charge in [-0.1, -0.05) is 24.6 Å². The Kier molecular flexibility index (Phi) is 3.99. The monoisotopic (exact) mass is 229 g/mol. The quantitative estimate of drug-likeness (QED) is 0.790. The minimum Gasteiger partial charge on any atom is -0.464 e. The summed E-state index contributed by atoms with van der Waals surface area (Å²) >= 11 is 0. The fourth-order valence-corrected chi connectivity index (χ4v) is 1.91. The standard InChI is InChI=1S/C15H19NO/c1-3-8-16-11-13-7-6-12(2)10-14(13)15-5-4-9-17-15/h4-7,9-10,16H,3,8,11H2,1-2H3. The molecule has 2 nitrogen and oxygen atoms in total. The molecule has 0 saturated heterocycles. The number of furan rings is 1. The number of hydrogen-bond donors (Lipinski definition) is 1. The average Bonchev–Trinajstić information content (AvgIpc) is 2.85. The number of hydrogen-bond acceptors (Lipinski definition) is 2. The highest BCUT2D eigenvalue weighted by molar-refractivity contribution is 5.63. The second kappa shape index (κ2) is 5.69. The molecule has 0 aliphatic rings. The van der Waals surface area contributed by atoms with E-state index < -0.39 is 0 Å². The molecule has 0 saturated carbocycles. The molecular formula is C15H19NO. The Morgan fingerprint density at radius 2 is 2.12 bits per heavy atom. The van der Waals surface area contributed by atoms with Crippen molar-refractivity contribution < 1.29 is 4.42 Å². The molecule has 1 aromatic heterocycles. The van der Waals surface area contributed by atoms with Crippen molar-refractivity contribution in [3.05, 3.63) is 47.7 Å². The van der Waals surface area contributed by atoms with E-state index in [2.05, 4.69) is 37.4 Å². The van der Waals surface area contributed by atoms with Gasteiger partial charge in [-0.05, 0) is 43.7 Å². The number of benzene rings is 1. The van der Waals surface area contributed by atoms with Crippen molar-refractivity contribution in [2.75, 3.05) is 6.54 Å². The summed E-state index contributed by atoms with van der Waals surface area (Å²) in [5, 5.41) is 3.43. The van der Waals surface area contributed by atoms with Crippen LogP contribution >= 0.6 is 0 Å². The predicted molar refractivity (Wildman–Crippen MR) is 70.9 cm³/mol. The van der Waals surface area contributed by atoms with E-state index in [0.29, 0.717) is 0 Å². The van der Waals surface area contributed by atoms with E-state index in [1.165, 1.54) is 16.7 Å². The van der Waals surface area contributed by atoms with Crippen molar-refractivity contribution >= 4 is 0 Å². The van der Waals surface area contributed by atoms with Crippen molar-refractivity contribution in [1.29, 1.82) is 0 Å². The van der Waals surface area contributed by atoms with E-state index in [9.17, 15) is 0 Å². The van der Waals surface area contributed by atoms with Gasteiger partial charge < -0.3 is 9.73 Å². The highest BCUT2D eigenvalue weighted by atomic mass is 16.3. The third-order valence-electron chi connectivity index (χ3n) is 2.79. The van der Waals surface area contributed by atoms with Crippen molar-refractivity contribution in [3.8, 4) is 11.3 Å². The molecule has 1 heterocycles. The molecule has 1 aromatic carbocycles. The Morgan fingerprint density at radius 1 is 1.24 bits per heavy atom. The second-order valence-corrected chi connectivity index (χ2v) is 4.31. The summed E-state index contributed by atoms with van der Waals surface area (Å²) in [5.41, 5.74) is 3.74. The minimum atomic E-state index is 0.893. The lowest BCUT2D eigenvalue weighted by Crippen LogP contribution is -2.14. The molecule has 0 fully saturated rings. The zero-order chi connectivity index (χ0) is 12.1. The van der Waals surface area contributed by atoms with Crippen molar-refractivity contribution in [2.24, 2.45) is 0 Å². The lowest BCUT2D eigenvalue weighted by molar-refractivity contribution is 0.580. The largest absolute Gasteiger partial charge is 0.464 e. The van der Waals surface area contributed by atoms with Gasteiger partial charge in [-0.15, -0.1) is 0 Å². The van der Waals surface area contributed by atoms with E-state index in [-0.39, 0.29) is 0 Å². The molecule has 2 rings (SSSR count). The van der Waals surface area contributed by atoms with Gasteiger partial charge >= 0.3 is 0 Å². The van der Waals surface area contributed by atoms with Crippen LogP contribution in [0.4, 0.5) is 0 Å². The van der Waals surface area contributed by atoms with Gasteiger partial charge in [0.25, 0.3) is 0 Å². The smallest absolute Gasteiger partial charge is 0.134 e. The van der Waals surface area contributed by atoms with Crippen LogP contribution in [0.1, 0.15) is 24.5 Å². The maximum absolute atomic E-state index is 5.49.